The average Bonchev–Trinajstić information content (AvgIpc) is 2.88. The standard InChI is InChI=1S/C25H31FN4O3S/c26-21-6-8-22(9-7-21)27-25(34)30-14-17-33-23(19-30)18-29(11-10-28-12-15-32-16-13-28)24(31)20-4-2-1-3-5-20/h1-9,23H,10-19H2,(H,27,34)/t23-/m0/s1. The number of thiocarbonyl (C=S) groups is 1. The molecule has 0 radical (unpaired) electrons. The molecule has 2 heterocycles. The fraction of sp³-hybridized carbons (Fsp3) is 0.440. The van der Waals surface area contributed by atoms with Crippen LogP contribution in [-0.4, -0.2) is 97.5 Å². The predicted molar refractivity (Wildman–Crippen MR) is 134 cm³/mol. The summed E-state index contributed by atoms with van der Waals surface area (Å²) in [5, 5.41) is 3.73. The summed E-state index contributed by atoms with van der Waals surface area (Å²) in [6.45, 7) is 6.86. The summed E-state index contributed by atoms with van der Waals surface area (Å²) in [5.41, 5.74) is 1.41. The van der Waals surface area contributed by atoms with Crippen molar-refractivity contribution in [2.75, 3.05) is 71.0 Å². The average molecular weight is 487 g/mol. The summed E-state index contributed by atoms with van der Waals surface area (Å²) in [6.07, 6.45) is -0.168. The molecule has 182 valence electrons. The highest BCUT2D eigenvalue weighted by atomic mass is 32.1. The van der Waals surface area contributed by atoms with E-state index in [2.05, 4.69) is 10.2 Å². The summed E-state index contributed by atoms with van der Waals surface area (Å²) >= 11 is 5.59. The van der Waals surface area contributed by atoms with Gasteiger partial charge >= 0.3 is 0 Å². The molecule has 0 unspecified atom stereocenters. The van der Waals surface area contributed by atoms with Crippen LogP contribution in [0.4, 0.5) is 10.1 Å². The molecular formula is C25H31FN4O3S. The van der Waals surface area contributed by atoms with Gasteiger partial charge in [0.2, 0.25) is 0 Å². The van der Waals surface area contributed by atoms with E-state index in [9.17, 15) is 9.18 Å². The number of nitrogens with one attached hydrogen (secondary N) is 1. The van der Waals surface area contributed by atoms with Gasteiger partial charge in [0, 0.05) is 57.1 Å². The third-order valence-electron chi connectivity index (χ3n) is 6.04. The summed E-state index contributed by atoms with van der Waals surface area (Å²) in [6, 6.07) is 15.5. The molecular weight excluding hydrogens is 455 g/mol. The maximum absolute atomic E-state index is 13.3. The van der Waals surface area contributed by atoms with Gasteiger partial charge in [0.1, 0.15) is 5.82 Å². The van der Waals surface area contributed by atoms with E-state index >= 15 is 0 Å². The molecule has 2 aliphatic rings. The molecule has 2 aromatic rings. The zero-order valence-electron chi connectivity index (χ0n) is 19.2. The third-order valence-corrected chi connectivity index (χ3v) is 6.40. The molecule has 0 aliphatic carbocycles. The fourth-order valence-corrected chi connectivity index (χ4v) is 4.41. The Morgan fingerprint density at radius 2 is 1.79 bits per heavy atom. The van der Waals surface area contributed by atoms with Crippen LogP contribution in [0.1, 0.15) is 10.4 Å². The van der Waals surface area contributed by atoms with E-state index in [1.54, 1.807) is 12.1 Å². The summed E-state index contributed by atoms with van der Waals surface area (Å²) in [5.74, 6) is -0.287. The Labute approximate surface area is 205 Å². The van der Waals surface area contributed by atoms with Crippen molar-refractivity contribution in [3.8, 4) is 0 Å². The summed E-state index contributed by atoms with van der Waals surface area (Å²) < 4.78 is 24.7. The lowest BCUT2D eigenvalue weighted by molar-refractivity contribution is -0.0228. The molecule has 1 N–H and O–H groups in total. The van der Waals surface area contributed by atoms with Crippen molar-refractivity contribution in [2.45, 2.75) is 6.10 Å². The molecule has 0 aromatic heterocycles. The molecule has 0 bridgehead atoms. The van der Waals surface area contributed by atoms with Crippen molar-refractivity contribution in [3.63, 3.8) is 0 Å². The third kappa shape index (κ3) is 6.96. The number of carbonyl (C=O) groups is 1. The van der Waals surface area contributed by atoms with Gasteiger partial charge in [-0.05, 0) is 48.6 Å². The number of halogens is 1. The molecule has 34 heavy (non-hydrogen) atoms. The second-order valence-corrected chi connectivity index (χ2v) is 8.83. The van der Waals surface area contributed by atoms with Crippen molar-refractivity contribution in [2.24, 2.45) is 0 Å². The van der Waals surface area contributed by atoms with E-state index in [-0.39, 0.29) is 17.8 Å². The number of hydrogen-bond donors (Lipinski definition) is 1. The zero-order chi connectivity index (χ0) is 23.8. The van der Waals surface area contributed by atoms with E-state index < -0.39 is 0 Å². The molecule has 4 rings (SSSR count). The number of amides is 1. The Bertz CT molecular complexity index is 941. The molecule has 2 fully saturated rings. The Hall–Kier alpha value is -2.59. The first-order valence-corrected chi connectivity index (χ1v) is 12.1. The van der Waals surface area contributed by atoms with Gasteiger partial charge in [-0.3, -0.25) is 9.69 Å². The largest absolute Gasteiger partial charge is 0.379 e. The first kappa shape index (κ1) is 24.5. The molecule has 2 saturated heterocycles. The van der Waals surface area contributed by atoms with Gasteiger partial charge in [-0.2, -0.15) is 0 Å². The molecule has 0 spiro atoms. The smallest absolute Gasteiger partial charge is 0.253 e. The van der Waals surface area contributed by atoms with Gasteiger partial charge in [-0.1, -0.05) is 18.2 Å². The van der Waals surface area contributed by atoms with Crippen LogP contribution in [0, 0.1) is 5.82 Å². The van der Waals surface area contributed by atoms with Gasteiger partial charge in [0.05, 0.1) is 25.9 Å². The minimum absolute atomic E-state index is 0.00148. The number of morpholine rings is 2. The lowest BCUT2D eigenvalue weighted by Crippen LogP contribution is -2.52. The second-order valence-electron chi connectivity index (χ2n) is 8.45. The van der Waals surface area contributed by atoms with Crippen molar-refractivity contribution >= 4 is 28.9 Å². The van der Waals surface area contributed by atoms with Crippen molar-refractivity contribution < 1.29 is 18.7 Å². The number of benzene rings is 2. The van der Waals surface area contributed by atoms with Crippen LogP contribution >= 0.6 is 12.2 Å². The zero-order valence-corrected chi connectivity index (χ0v) is 20.0. The van der Waals surface area contributed by atoms with Crippen molar-refractivity contribution in [3.05, 3.63) is 66.0 Å². The van der Waals surface area contributed by atoms with Crippen LogP contribution in [0.5, 0.6) is 0 Å². The number of hydrogen-bond acceptors (Lipinski definition) is 5. The summed E-state index contributed by atoms with van der Waals surface area (Å²) in [4.78, 5) is 19.6. The number of ether oxygens (including phenoxy) is 2. The normalized spacial score (nSPS) is 19.0. The highest BCUT2D eigenvalue weighted by Crippen LogP contribution is 2.14. The quantitative estimate of drug-likeness (QED) is 0.604. The maximum atomic E-state index is 13.3. The molecule has 7 nitrogen and oxygen atoms in total. The molecule has 2 aliphatic heterocycles. The molecule has 1 atom stereocenters. The van der Waals surface area contributed by atoms with Gasteiger partial charge < -0.3 is 24.6 Å². The topological polar surface area (TPSA) is 57.3 Å². The van der Waals surface area contributed by atoms with Crippen molar-refractivity contribution in [1.29, 1.82) is 0 Å². The van der Waals surface area contributed by atoms with Crippen LogP contribution in [0.15, 0.2) is 54.6 Å². The molecule has 0 saturated carbocycles. The number of nitrogens with zero attached hydrogens (tertiary/aromatic N) is 3. The second kappa shape index (κ2) is 12.2. The Balaban J connectivity index is 1.38. The fourth-order valence-electron chi connectivity index (χ4n) is 4.12. The molecule has 2 aromatic carbocycles. The van der Waals surface area contributed by atoms with Gasteiger partial charge in [-0.15, -0.1) is 0 Å². The first-order valence-electron chi connectivity index (χ1n) is 11.7. The lowest BCUT2D eigenvalue weighted by Gasteiger charge is -2.37. The van der Waals surface area contributed by atoms with E-state index in [0.717, 1.165) is 38.5 Å². The number of anilines is 1. The minimum Gasteiger partial charge on any atom is -0.379 e. The van der Waals surface area contributed by atoms with Crippen LogP contribution in [-0.2, 0) is 9.47 Å². The molecule has 9 heteroatoms. The van der Waals surface area contributed by atoms with Gasteiger partial charge in [-0.25, -0.2) is 4.39 Å². The van der Waals surface area contributed by atoms with Gasteiger partial charge in [0.15, 0.2) is 5.11 Å². The van der Waals surface area contributed by atoms with Crippen LogP contribution < -0.4 is 5.32 Å². The monoisotopic (exact) mass is 486 g/mol. The Morgan fingerprint density at radius 1 is 1.06 bits per heavy atom. The highest BCUT2D eigenvalue weighted by molar-refractivity contribution is 7.80. The summed E-state index contributed by atoms with van der Waals surface area (Å²) in [7, 11) is 0. The number of carbonyl (C=O) groups excluding carboxylic acids is 1. The predicted octanol–water partition coefficient (Wildman–Crippen LogP) is 2.70. The lowest BCUT2D eigenvalue weighted by atomic mass is 10.1. The molecule has 1 amide bonds. The van der Waals surface area contributed by atoms with Crippen molar-refractivity contribution in [1.82, 2.24) is 14.7 Å². The van der Waals surface area contributed by atoms with Crippen LogP contribution in [0.25, 0.3) is 0 Å². The number of rotatable bonds is 7. The Kier molecular flexibility index (Phi) is 8.81. The van der Waals surface area contributed by atoms with E-state index in [1.165, 1.54) is 12.1 Å². The van der Waals surface area contributed by atoms with E-state index in [0.29, 0.717) is 43.5 Å². The minimum atomic E-state index is -0.289. The van der Waals surface area contributed by atoms with E-state index in [1.807, 2.05) is 40.1 Å². The maximum Gasteiger partial charge on any atom is 0.253 e. The van der Waals surface area contributed by atoms with Crippen LogP contribution in [0.3, 0.4) is 0 Å². The van der Waals surface area contributed by atoms with Crippen LogP contribution in [0.2, 0.25) is 0 Å². The first-order chi connectivity index (χ1) is 16.6. The Morgan fingerprint density at radius 3 is 2.53 bits per heavy atom. The van der Waals surface area contributed by atoms with E-state index in [4.69, 9.17) is 21.7 Å². The SMILES string of the molecule is O=C(c1ccccc1)N(CCN1CCOCC1)C[C@H]1CN(C(=S)Nc2ccc(F)cc2)CCO1. The highest BCUT2D eigenvalue weighted by Gasteiger charge is 2.27. The van der Waals surface area contributed by atoms with Gasteiger partial charge in [0.25, 0.3) is 5.91 Å².